The van der Waals surface area contributed by atoms with Crippen molar-refractivity contribution in [1.29, 1.82) is 0 Å². The number of unbranched alkanes of at least 4 members (excludes halogenated alkanes) is 1. The Hall–Kier alpha value is -0.880. The van der Waals surface area contributed by atoms with Crippen molar-refractivity contribution >= 4 is 16.0 Å². The predicted molar refractivity (Wildman–Crippen MR) is 57.9 cm³/mol. The third-order valence-corrected chi connectivity index (χ3v) is 2.25. The fourth-order valence-corrected chi connectivity index (χ4v) is 1.29. The van der Waals surface area contributed by atoms with Crippen LogP contribution in [0.15, 0.2) is 12.2 Å². The summed E-state index contributed by atoms with van der Waals surface area (Å²) in [6.45, 7) is 5.67. The smallest absolute Gasteiger partial charge is 0.333 e. The van der Waals surface area contributed by atoms with E-state index >= 15 is 0 Å². The van der Waals surface area contributed by atoms with E-state index in [0.29, 0.717) is 25.0 Å². The molecule has 0 bridgehead atoms. The summed E-state index contributed by atoms with van der Waals surface area (Å²) in [5, 5.41) is 0. The highest BCUT2D eigenvalue weighted by Gasteiger charge is 2.02. The lowest BCUT2D eigenvalue weighted by atomic mass is 10.3. The Kier molecular flexibility index (Phi) is 6.19. The first kappa shape index (κ1) is 14.1. The number of sulfonamides is 1. The van der Waals surface area contributed by atoms with E-state index < -0.39 is 16.0 Å². The van der Waals surface area contributed by atoms with Crippen LogP contribution in [0.2, 0.25) is 0 Å². The number of carbonyl (C=O) groups is 1. The Morgan fingerprint density at radius 2 is 2.00 bits per heavy atom. The van der Waals surface area contributed by atoms with Crippen LogP contribution in [-0.2, 0) is 19.6 Å². The number of carbonyl (C=O) groups excluding carboxylic acids is 1. The molecule has 0 aliphatic carbocycles. The molecule has 15 heavy (non-hydrogen) atoms. The standard InChI is InChI=1S/C9H17NO4S/c1-8(2)9(11)14-7-5-4-6-10-15(3,12)13/h10H,1,4-7H2,2-3H3. The molecule has 1 N–H and O–H groups in total. The molecule has 0 heterocycles. The lowest BCUT2D eigenvalue weighted by molar-refractivity contribution is -0.139. The van der Waals surface area contributed by atoms with E-state index in [0.717, 1.165) is 6.26 Å². The highest BCUT2D eigenvalue weighted by molar-refractivity contribution is 7.88. The van der Waals surface area contributed by atoms with E-state index in [2.05, 4.69) is 11.3 Å². The minimum absolute atomic E-state index is 0.289. The third-order valence-electron chi connectivity index (χ3n) is 1.52. The molecule has 0 fully saturated rings. The fraction of sp³-hybridized carbons (Fsp3) is 0.667. The Morgan fingerprint density at radius 3 is 2.47 bits per heavy atom. The zero-order valence-corrected chi connectivity index (χ0v) is 9.89. The maximum absolute atomic E-state index is 10.9. The highest BCUT2D eigenvalue weighted by atomic mass is 32.2. The molecule has 0 radical (unpaired) electrons. The minimum Gasteiger partial charge on any atom is -0.462 e. The average Bonchev–Trinajstić information content (AvgIpc) is 2.08. The molecule has 0 amide bonds. The first-order chi connectivity index (χ1) is 6.83. The van der Waals surface area contributed by atoms with Crippen molar-refractivity contribution in [3.8, 4) is 0 Å². The van der Waals surface area contributed by atoms with Crippen LogP contribution < -0.4 is 4.72 Å². The van der Waals surface area contributed by atoms with Crippen LogP contribution in [-0.4, -0.2) is 33.8 Å². The van der Waals surface area contributed by atoms with Crippen molar-refractivity contribution in [2.75, 3.05) is 19.4 Å². The number of esters is 1. The summed E-state index contributed by atoms with van der Waals surface area (Å²) in [4.78, 5) is 10.9. The van der Waals surface area contributed by atoms with E-state index in [1.54, 1.807) is 6.92 Å². The molecule has 0 unspecified atom stereocenters. The normalized spacial score (nSPS) is 11.1. The lowest BCUT2D eigenvalue weighted by Crippen LogP contribution is -2.23. The second-order valence-electron chi connectivity index (χ2n) is 3.29. The summed E-state index contributed by atoms with van der Waals surface area (Å²) in [7, 11) is -3.11. The summed E-state index contributed by atoms with van der Waals surface area (Å²) >= 11 is 0. The van der Waals surface area contributed by atoms with Gasteiger partial charge in [-0.2, -0.15) is 0 Å². The van der Waals surface area contributed by atoms with Crippen LogP contribution >= 0.6 is 0 Å². The average molecular weight is 235 g/mol. The van der Waals surface area contributed by atoms with E-state index in [1.165, 1.54) is 0 Å². The van der Waals surface area contributed by atoms with Crippen LogP contribution in [0, 0.1) is 0 Å². The Balaban J connectivity index is 3.41. The summed E-state index contributed by atoms with van der Waals surface area (Å²) in [5.41, 5.74) is 0.365. The SMILES string of the molecule is C=C(C)C(=O)OCCCCNS(C)(=O)=O. The Labute approximate surface area is 90.6 Å². The largest absolute Gasteiger partial charge is 0.462 e. The molecule has 88 valence electrons. The fourth-order valence-electron chi connectivity index (χ4n) is 0.773. The molecule has 0 rings (SSSR count). The number of hydrogen-bond donors (Lipinski definition) is 1. The van der Waals surface area contributed by atoms with Gasteiger partial charge >= 0.3 is 5.97 Å². The number of nitrogens with one attached hydrogen (secondary N) is 1. The van der Waals surface area contributed by atoms with Crippen molar-refractivity contribution in [3.05, 3.63) is 12.2 Å². The first-order valence-corrected chi connectivity index (χ1v) is 6.49. The van der Waals surface area contributed by atoms with Crippen LogP contribution in [0.4, 0.5) is 0 Å². The summed E-state index contributed by atoms with van der Waals surface area (Å²) in [6.07, 6.45) is 2.37. The molecule has 6 heteroatoms. The van der Waals surface area contributed by atoms with Gasteiger partial charge in [-0.05, 0) is 19.8 Å². The molecular formula is C9H17NO4S. The predicted octanol–water partition coefficient (Wildman–Crippen LogP) is 0.435. The molecule has 0 aromatic carbocycles. The van der Waals surface area contributed by atoms with Gasteiger partial charge in [0.1, 0.15) is 0 Å². The van der Waals surface area contributed by atoms with E-state index in [1.807, 2.05) is 0 Å². The van der Waals surface area contributed by atoms with Crippen molar-refractivity contribution in [2.45, 2.75) is 19.8 Å². The molecule has 0 saturated heterocycles. The van der Waals surface area contributed by atoms with Crippen LogP contribution in [0.25, 0.3) is 0 Å². The summed E-state index contributed by atoms with van der Waals surface area (Å²) in [6, 6.07) is 0. The molecule has 0 aromatic heterocycles. The molecular weight excluding hydrogens is 218 g/mol. The quantitative estimate of drug-likeness (QED) is 0.395. The van der Waals surface area contributed by atoms with Gasteiger partial charge in [-0.1, -0.05) is 6.58 Å². The number of hydrogen-bond acceptors (Lipinski definition) is 4. The monoisotopic (exact) mass is 235 g/mol. The number of rotatable bonds is 7. The Bertz CT molecular complexity index is 321. The van der Waals surface area contributed by atoms with Crippen LogP contribution in [0.5, 0.6) is 0 Å². The molecule has 0 saturated carbocycles. The molecule has 0 spiro atoms. The zero-order valence-electron chi connectivity index (χ0n) is 9.08. The lowest BCUT2D eigenvalue weighted by Gasteiger charge is -2.04. The van der Waals surface area contributed by atoms with Crippen molar-refractivity contribution in [3.63, 3.8) is 0 Å². The molecule has 0 aliphatic heterocycles. The zero-order chi connectivity index (χ0) is 11.9. The van der Waals surface area contributed by atoms with Crippen LogP contribution in [0.3, 0.4) is 0 Å². The second kappa shape index (κ2) is 6.58. The van der Waals surface area contributed by atoms with Crippen molar-refractivity contribution < 1.29 is 17.9 Å². The topological polar surface area (TPSA) is 72.5 Å². The molecule has 0 aliphatic rings. The van der Waals surface area contributed by atoms with E-state index in [9.17, 15) is 13.2 Å². The van der Waals surface area contributed by atoms with Gasteiger partial charge < -0.3 is 4.74 Å². The van der Waals surface area contributed by atoms with Gasteiger partial charge in [0.15, 0.2) is 0 Å². The Morgan fingerprint density at radius 1 is 1.40 bits per heavy atom. The van der Waals surface area contributed by atoms with Gasteiger partial charge in [-0.25, -0.2) is 17.9 Å². The van der Waals surface area contributed by atoms with Crippen LogP contribution in [0.1, 0.15) is 19.8 Å². The van der Waals surface area contributed by atoms with E-state index in [4.69, 9.17) is 4.74 Å². The van der Waals surface area contributed by atoms with Gasteiger partial charge in [-0.3, -0.25) is 0 Å². The summed E-state index contributed by atoms with van der Waals surface area (Å²) < 4.78 is 28.5. The maximum Gasteiger partial charge on any atom is 0.333 e. The van der Waals surface area contributed by atoms with Gasteiger partial charge in [0.25, 0.3) is 0 Å². The minimum atomic E-state index is -3.11. The second-order valence-corrected chi connectivity index (χ2v) is 5.12. The van der Waals surface area contributed by atoms with Gasteiger partial charge in [0, 0.05) is 12.1 Å². The van der Waals surface area contributed by atoms with Gasteiger partial charge in [0.2, 0.25) is 10.0 Å². The van der Waals surface area contributed by atoms with Gasteiger partial charge in [0.05, 0.1) is 12.9 Å². The highest BCUT2D eigenvalue weighted by Crippen LogP contribution is 1.95. The maximum atomic E-state index is 10.9. The van der Waals surface area contributed by atoms with E-state index in [-0.39, 0.29) is 6.61 Å². The molecule has 0 aromatic rings. The molecule has 0 atom stereocenters. The van der Waals surface area contributed by atoms with Crippen molar-refractivity contribution in [1.82, 2.24) is 4.72 Å². The first-order valence-electron chi connectivity index (χ1n) is 4.60. The number of ether oxygens (including phenoxy) is 1. The van der Waals surface area contributed by atoms with Gasteiger partial charge in [-0.15, -0.1) is 0 Å². The summed E-state index contributed by atoms with van der Waals surface area (Å²) in [5.74, 6) is -0.411. The molecule has 5 nitrogen and oxygen atoms in total. The van der Waals surface area contributed by atoms with Crippen molar-refractivity contribution in [2.24, 2.45) is 0 Å². The third kappa shape index (κ3) is 9.42.